The SMILES string of the molecule is O=C(Nc1ccc(F)cc1)C1CCC(Cn2nnc3ccccc3c2=O)CC1. The molecular weight excluding hydrogens is 359 g/mol. The third-order valence-electron chi connectivity index (χ3n) is 5.39. The summed E-state index contributed by atoms with van der Waals surface area (Å²) in [6, 6.07) is 13.0. The number of hydrogen-bond acceptors (Lipinski definition) is 4. The fourth-order valence-electron chi connectivity index (χ4n) is 3.77. The van der Waals surface area contributed by atoms with Gasteiger partial charge in [-0.1, -0.05) is 17.3 Å². The number of nitrogens with zero attached hydrogens (tertiary/aromatic N) is 3. The van der Waals surface area contributed by atoms with Gasteiger partial charge in [-0.15, -0.1) is 5.10 Å². The van der Waals surface area contributed by atoms with Crippen LogP contribution in [0.5, 0.6) is 0 Å². The Morgan fingerprint density at radius 1 is 1.07 bits per heavy atom. The van der Waals surface area contributed by atoms with Gasteiger partial charge in [-0.2, -0.15) is 0 Å². The van der Waals surface area contributed by atoms with E-state index in [1.54, 1.807) is 24.3 Å². The molecule has 7 heteroatoms. The van der Waals surface area contributed by atoms with Crippen molar-refractivity contribution < 1.29 is 9.18 Å². The molecule has 0 aliphatic heterocycles. The quantitative estimate of drug-likeness (QED) is 0.753. The summed E-state index contributed by atoms with van der Waals surface area (Å²) in [5.41, 5.74) is 1.08. The Morgan fingerprint density at radius 3 is 2.54 bits per heavy atom. The maximum absolute atomic E-state index is 13.0. The molecule has 1 N–H and O–H groups in total. The second-order valence-corrected chi connectivity index (χ2v) is 7.31. The van der Waals surface area contributed by atoms with Crippen LogP contribution in [0.1, 0.15) is 25.7 Å². The summed E-state index contributed by atoms with van der Waals surface area (Å²) < 4.78 is 14.4. The second kappa shape index (κ2) is 7.88. The van der Waals surface area contributed by atoms with Crippen LogP contribution in [0.25, 0.3) is 10.9 Å². The zero-order valence-corrected chi connectivity index (χ0v) is 15.3. The number of benzene rings is 2. The number of hydrogen-bond donors (Lipinski definition) is 1. The van der Waals surface area contributed by atoms with E-state index in [2.05, 4.69) is 15.6 Å². The van der Waals surface area contributed by atoms with Crippen LogP contribution < -0.4 is 10.9 Å². The fraction of sp³-hybridized carbons (Fsp3) is 0.333. The Labute approximate surface area is 161 Å². The predicted octanol–water partition coefficient (Wildman–Crippen LogP) is 3.38. The summed E-state index contributed by atoms with van der Waals surface area (Å²) >= 11 is 0. The first-order valence-corrected chi connectivity index (χ1v) is 9.49. The van der Waals surface area contributed by atoms with E-state index in [4.69, 9.17) is 0 Å². The normalized spacial score (nSPS) is 19.5. The van der Waals surface area contributed by atoms with Gasteiger partial charge in [-0.25, -0.2) is 9.07 Å². The number of fused-ring (bicyclic) bond motifs is 1. The van der Waals surface area contributed by atoms with E-state index in [0.29, 0.717) is 29.1 Å². The molecule has 1 aliphatic rings. The molecule has 1 aliphatic carbocycles. The molecule has 1 aromatic heterocycles. The molecule has 1 heterocycles. The van der Waals surface area contributed by atoms with Crippen LogP contribution in [0.3, 0.4) is 0 Å². The van der Waals surface area contributed by atoms with Crippen LogP contribution in [0, 0.1) is 17.7 Å². The van der Waals surface area contributed by atoms with Crippen LogP contribution in [0.15, 0.2) is 53.3 Å². The van der Waals surface area contributed by atoms with Gasteiger partial charge in [0.15, 0.2) is 0 Å². The van der Waals surface area contributed by atoms with Crippen molar-refractivity contribution in [3.8, 4) is 0 Å². The van der Waals surface area contributed by atoms with Crippen molar-refractivity contribution in [3.05, 3.63) is 64.7 Å². The zero-order valence-electron chi connectivity index (χ0n) is 15.3. The average molecular weight is 380 g/mol. The van der Waals surface area contributed by atoms with E-state index in [1.807, 2.05) is 12.1 Å². The topological polar surface area (TPSA) is 76.9 Å². The number of halogens is 1. The Hall–Kier alpha value is -3.09. The molecular formula is C21H21FN4O2. The first kappa shape index (κ1) is 18.3. The number of carbonyl (C=O) groups is 1. The maximum Gasteiger partial charge on any atom is 0.277 e. The first-order chi connectivity index (χ1) is 13.6. The standard InChI is InChI=1S/C21H21FN4O2/c22-16-9-11-17(12-10-16)23-20(27)15-7-5-14(6-8-15)13-26-21(28)18-3-1-2-4-19(18)24-25-26/h1-4,9-12,14-15H,5-8,13H2,(H,23,27). The second-order valence-electron chi connectivity index (χ2n) is 7.31. The molecule has 28 heavy (non-hydrogen) atoms. The van der Waals surface area contributed by atoms with Crippen molar-refractivity contribution in [2.75, 3.05) is 5.32 Å². The molecule has 0 bridgehead atoms. The summed E-state index contributed by atoms with van der Waals surface area (Å²) in [6.45, 7) is 0.517. The molecule has 4 rings (SSSR count). The first-order valence-electron chi connectivity index (χ1n) is 9.49. The average Bonchev–Trinajstić information content (AvgIpc) is 2.72. The van der Waals surface area contributed by atoms with Crippen LogP contribution in [0.4, 0.5) is 10.1 Å². The lowest BCUT2D eigenvalue weighted by molar-refractivity contribution is -0.121. The zero-order chi connectivity index (χ0) is 19.5. The van der Waals surface area contributed by atoms with E-state index in [-0.39, 0.29) is 23.2 Å². The minimum Gasteiger partial charge on any atom is -0.326 e. The molecule has 0 unspecified atom stereocenters. The summed E-state index contributed by atoms with van der Waals surface area (Å²) in [5, 5.41) is 11.6. The monoisotopic (exact) mass is 380 g/mol. The van der Waals surface area contributed by atoms with E-state index in [1.165, 1.54) is 16.8 Å². The van der Waals surface area contributed by atoms with Crippen molar-refractivity contribution in [1.29, 1.82) is 0 Å². The number of carbonyl (C=O) groups excluding carboxylic acids is 1. The van der Waals surface area contributed by atoms with Crippen LogP contribution >= 0.6 is 0 Å². The number of anilines is 1. The molecule has 2 aromatic carbocycles. The Balaban J connectivity index is 1.35. The molecule has 1 saturated carbocycles. The molecule has 3 aromatic rings. The highest BCUT2D eigenvalue weighted by Crippen LogP contribution is 2.30. The molecule has 0 saturated heterocycles. The third kappa shape index (κ3) is 3.93. The highest BCUT2D eigenvalue weighted by atomic mass is 19.1. The van der Waals surface area contributed by atoms with Gasteiger partial charge in [-0.05, 0) is 68.0 Å². The summed E-state index contributed by atoms with van der Waals surface area (Å²) in [6.07, 6.45) is 3.21. The lowest BCUT2D eigenvalue weighted by Crippen LogP contribution is -2.32. The Morgan fingerprint density at radius 2 is 1.79 bits per heavy atom. The van der Waals surface area contributed by atoms with Crippen molar-refractivity contribution in [3.63, 3.8) is 0 Å². The van der Waals surface area contributed by atoms with Crippen molar-refractivity contribution in [1.82, 2.24) is 15.0 Å². The summed E-state index contributed by atoms with van der Waals surface area (Å²) in [7, 11) is 0. The van der Waals surface area contributed by atoms with Crippen LogP contribution in [-0.2, 0) is 11.3 Å². The summed E-state index contributed by atoms with van der Waals surface area (Å²) in [5.74, 6) is -0.137. The smallest absolute Gasteiger partial charge is 0.277 e. The van der Waals surface area contributed by atoms with E-state index in [0.717, 1.165) is 25.7 Å². The minimum atomic E-state index is -0.328. The van der Waals surface area contributed by atoms with Gasteiger partial charge in [0.1, 0.15) is 11.3 Å². The van der Waals surface area contributed by atoms with Gasteiger partial charge in [0.05, 0.1) is 5.39 Å². The van der Waals surface area contributed by atoms with Gasteiger partial charge < -0.3 is 5.32 Å². The van der Waals surface area contributed by atoms with Crippen molar-refractivity contribution in [2.45, 2.75) is 32.2 Å². The van der Waals surface area contributed by atoms with E-state index < -0.39 is 0 Å². The summed E-state index contributed by atoms with van der Waals surface area (Å²) in [4.78, 5) is 25.0. The number of nitrogens with one attached hydrogen (secondary N) is 1. The van der Waals surface area contributed by atoms with Crippen LogP contribution in [-0.4, -0.2) is 20.9 Å². The molecule has 0 atom stereocenters. The van der Waals surface area contributed by atoms with Gasteiger partial charge in [-0.3, -0.25) is 9.59 Å². The molecule has 0 radical (unpaired) electrons. The highest BCUT2D eigenvalue weighted by Gasteiger charge is 2.27. The highest BCUT2D eigenvalue weighted by molar-refractivity contribution is 5.92. The largest absolute Gasteiger partial charge is 0.326 e. The predicted molar refractivity (Wildman–Crippen MR) is 104 cm³/mol. The molecule has 144 valence electrons. The molecule has 1 fully saturated rings. The van der Waals surface area contributed by atoms with E-state index in [9.17, 15) is 14.0 Å². The fourth-order valence-corrected chi connectivity index (χ4v) is 3.77. The number of aromatic nitrogens is 3. The van der Waals surface area contributed by atoms with Gasteiger partial charge in [0.2, 0.25) is 5.91 Å². The number of amides is 1. The van der Waals surface area contributed by atoms with Crippen LogP contribution in [0.2, 0.25) is 0 Å². The molecule has 6 nitrogen and oxygen atoms in total. The lowest BCUT2D eigenvalue weighted by atomic mass is 9.81. The van der Waals surface area contributed by atoms with Gasteiger partial charge in [0.25, 0.3) is 5.56 Å². The van der Waals surface area contributed by atoms with Gasteiger partial charge in [0, 0.05) is 18.2 Å². The molecule has 1 amide bonds. The minimum absolute atomic E-state index is 0.0345. The Kier molecular flexibility index (Phi) is 5.14. The van der Waals surface area contributed by atoms with Crippen molar-refractivity contribution in [2.24, 2.45) is 11.8 Å². The molecule has 0 spiro atoms. The van der Waals surface area contributed by atoms with E-state index >= 15 is 0 Å². The number of rotatable bonds is 4. The maximum atomic E-state index is 13.0. The van der Waals surface area contributed by atoms with Gasteiger partial charge >= 0.3 is 0 Å². The third-order valence-corrected chi connectivity index (χ3v) is 5.39. The lowest BCUT2D eigenvalue weighted by Gasteiger charge is -2.27. The van der Waals surface area contributed by atoms with Crippen molar-refractivity contribution >= 4 is 22.5 Å². The Bertz CT molecular complexity index is 1040.